The number of nitrogens with zero attached hydrogens (tertiary/aromatic N) is 3. The van der Waals surface area contributed by atoms with Crippen molar-refractivity contribution in [3.63, 3.8) is 0 Å². The highest BCUT2D eigenvalue weighted by atomic mass is 19.4. The minimum atomic E-state index is -4.56. The summed E-state index contributed by atoms with van der Waals surface area (Å²) in [7, 11) is 1.42. The number of hydrogen-bond donors (Lipinski definition) is 1. The Hall–Kier alpha value is -2.31. The minimum Gasteiger partial charge on any atom is -0.398 e. The number of alkyl halides is 3. The van der Waals surface area contributed by atoms with Gasteiger partial charge in [-0.2, -0.15) is 18.3 Å². The van der Waals surface area contributed by atoms with Crippen LogP contribution in [0.25, 0.3) is 21.9 Å². The Balaban J connectivity index is 2.54. The molecular weight excluding hydrogens is 257 g/mol. The summed E-state index contributed by atoms with van der Waals surface area (Å²) in [4.78, 5) is 4.19. The van der Waals surface area contributed by atoms with Crippen LogP contribution in [0.5, 0.6) is 0 Å². The molecule has 98 valence electrons. The molecule has 0 bridgehead atoms. The van der Waals surface area contributed by atoms with Crippen molar-refractivity contribution in [2.24, 2.45) is 7.05 Å². The van der Waals surface area contributed by atoms with Crippen molar-refractivity contribution in [1.29, 1.82) is 0 Å². The van der Waals surface area contributed by atoms with E-state index in [4.69, 9.17) is 5.73 Å². The van der Waals surface area contributed by atoms with Crippen molar-refractivity contribution in [2.45, 2.75) is 6.18 Å². The maximum absolute atomic E-state index is 13.0. The molecule has 0 saturated carbocycles. The zero-order valence-corrected chi connectivity index (χ0v) is 9.86. The van der Waals surface area contributed by atoms with E-state index in [1.54, 1.807) is 24.3 Å². The SMILES string of the molecule is Cn1nc(C(F)(F)F)c2c(N)c3ccccc3nc21. The number of nitrogen functional groups attached to an aromatic ring is 1. The van der Waals surface area contributed by atoms with Crippen molar-refractivity contribution < 1.29 is 13.2 Å². The number of hydrogen-bond acceptors (Lipinski definition) is 3. The van der Waals surface area contributed by atoms with Gasteiger partial charge in [-0.15, -0.1) is 0 Å². The summed E-state index contributed by atoms with van der Waals surface area (Å²) in [6.07, 6.45) is -4.56. The summed E-state index contributed by atoms with van der Waals surface area (Å²) in [6, 6.07) is 6.80. The largest absolute Gasteiger partial charge is 0.435 e. The lowest BCUT2D eigenvalue weighted by atomic mass is 10.1. The molecule has 0 aliphatic rings. The molecule has 19 heavy (non-hydrogen) atoms. The molecule has 0 fully saturated rings. The zero-order valence-electron chi connectivity index (χ0n) is 9.86. The highest BCUT2D eigenvalue weighted by Crippen LogP contribution is 2.38. The Labute approximate surface area is 105 Å². The maximum atomic E-state index is 13.0. The third-order valence-corrected chi connectivity index (χ3v) is 2.98. The molecule has 2 N–H and O–H groups in total. The fourth-order valence-corrected chi connectivity index (χ4v) is 2.14. The van der Waals surface area contributed by atoms with Crippen LogP contribution in [0.3, 0.4) is 0 Å². The van der Waals surface area contributed by atoms with Crippen LogP contribution in [0.4, 0.5) is 18.9 Å². The summed E-state index contributed by atoms with van der Waals surface area (Å²) in [6.45, 7) is 0. The van der Waals surface area contributed by atoms with E-state index in [0.717, 1.165) is 4.68 Å². The molecule has 0 radical (unpaired) electrons. The van der Waals surface area contributed by atoms with Gasteiger partial charge in [0.2, 0.25) is 0 Å². The molecule has 0 atom stereocenters. The molecular formula is C12H9F3N4. The van der Waals surface area contributed by atoms with Gasteiger partial charge in [-0.1, -0.05) is 18.2 Å². The van der Waals surface area contributed by atoms with Crippen LogP contribution >= 0.6 is 0 Å². The quantitative estimate of drug-likeness (QED) is 0.680. The Morgan fingerprint density at radius 1 is 1.21 bits per heavy atom. The van der Waals surface area contributed by atoms with Crippen LogP contribution in [0.15, 0.2) is 24.3 Å². The lowest BCUT2D eigenvalue weighted by Crippen LogP contribution is -2.07. The van der Waals surface area contributed by atoms with Gasteiger partial charge in [0.05, 0.1) is 16.6 Å². The molecule has 0 amide bonds. The van der Waals surface area contributed by atoms with E-state index in [9.17, 15) is 13.2 Å². The van der Waals surface area contributed by atoms with E-state index < -0.39 is 11.9 Å². The van der Waals surface area contributed by atoms with Crippen LogP contribution < -0.4 is 5.73 Å². The summed E-state index contributed by atoms with van der Waals surface area (Å²) in [5.41, 5.74) is 5.60. The van der Waals surface area contributed by atoms with Gasteiger partial charge in [-0.05, 0) is 6.07 Å². The first-order chi connectivity index (χ1) is 8.89. The Bertz CT molecular complexity index is 789. The zero-order chi connectivity index (χ0) is 13.8. The van der Waals surface area contributed by atoms with Gasteiger partial charge in [-0.25, -0.2) is 9.67 Å². The molecule has 0 spiro atoms. The molecule has 1 aromatic carbocycles. The summed E-state index contributed by atoms with van der Waals surface area (Å²) < 4.78 is 40.0. The Kier molecular flexibility index (Phi) is 2.23. The molecule has 3 rings (SSSR count). The van der Waals surface area contributed by atoms with Crippen LogP contribution in [0, 0.1) is 0 Å². The van der Waals surface area contributed by atoms with E-state index in [1.165, 1.54) is 7.05 Å². The number of para-hydroxylation sites is 1. The molecule has 0 aliphatic heterocycles. The molecule has 2 aromatic heterocycles. The summed E-state index contributed by atoms with van der Waals surface area (Å²) >= 11 is 0. The van der Waals surface area contributed by atoms with E-state index in [2.05, 4.69) is 10.1 Å². The average molecular weight is 266 g/mol. The van der Waals surface area contributed by atoms with E-state index in [0.29, 0.717) is 10.9 Å². The third-order valence-electron chi connectivity index (χ3n) is 2.98. The summed E-state index contributed by atoms with van der Waals surface area (Å²) in [5.74, 6) is 0. The van der Waals surface area contributed by atoms with Gasteiger partial charge in [-0.3, -0.25) is 0 Å². The monoisotopic (exact) mass is 266 g/mol. The van der Waals surface area contributed by atoms with E-state index in [-0.39, 0.29) is 16.7 Å². The van der Waals surface area contributed by atoms with Crippen molar-refractivity contribution in [3.8, 4) is 0 Å². The van der Waals surface area contributed by atoms with E-state index in [1.807, 2.05) is 0 Å². The van der Waals surface area contributed by atoms with Crippen LogP contribution in [-0.2, 0) is 13.2 Å². The van der Waals surface area contributed by atoms with Crippen molar-refractivity contribution >= 4 is 27.6 Å². The molecule has 2 heterocycles. The normalized spacial score (nSPS) is 12.4. The summed E-state index contributed by atoms with van der Waals surface area (Å²) in [5, 5.41) is 3.84. The number of nitrogens with two attached hydrogens (primary N) is 1. The fourth-order valence-electron chi connectivity index (χ4n) is 2.14. The fraction of sp³-hybridized carbons (Fsp3) is 0.167. The number of benzene rings is 1. The Morgan fingerprint density at radius 2 is 1.89 bits per heavy atom. The van der Waals surface area contributed by atoms with Crippen molar-refractivity contribution in [2.75, 3.05) is 5.73 Å². The Morgan fingerprint density at radius 3 is 2.58 bits per heavy atom. The number of pyridine rings is 1. The van der Waals surface area contributed by atoms with Crippen LogP contribution in [0.1, 0.15) is 5.69 Å². The topological polar surface area (TPSA) is 56.7 Å². The molecule has 3 aromatic rings. The maximum Gasteiger partial charge on any atom is 0.435 e. The minimum absolute atomic E-state index is 0.0565. The number of rotatable bonds is 0. The first kappa shape index (κ1) is 11.8. The number of halogens is 3. The van der Waals surface area contributed by atoms with Crippen molar-refractivity contribution in [3.05, 3.63) is 30.0 Å². The lowest BCUT2D eigenvalue weighted by molar-refractivity contribution is -0.140. The third kappa shape index (κ3) is 1.61. The molecule has 0 unspecified atom stereocenters. The predicted octanol–water partition coefficient (Wildman–Crippen LogP) is 2.72. The number of fused-ring (bicyclic) bond motifs is 2. The van der Waals surface area contributed by atoms with Crippen molar-refractivity contribution in [1.82, 2.24) is 14.8 Å². The number of aromatic nitrogens is 3. The smallest absolute Gasteiger partial charge is 0.398 e. The van der Waals surface area contributed by atoms with Crippen LogP contribution in [0.2, 0.25) is 0 Å². The standard InChI is InChI=1S/C12H9F3N4/c1-19-11-8(10(18-19)12(13,14)15)9(16)6-4-2-3-5-7(6)17-11/h2-5H,1H3,(H2,16,17). The van der Waals surface area contributed by atoms with Crippen LogP contribution in [-0.4, -0.2) is 14.8 Å². The first-order valence-electron chi connectivity index (χ1n) is 5.47. The second-order valence-corrected chi connectivity index (χ2v) is 4.21. The van der Waals surface area contributed by atoms with Gasteiger partial charge in [0.1, 0.15) is 0 Å². The van der Waals surface area contributed by atoms with Gasteiger partial charge >= 0.3 is 6.18 Å². The number of anilines is 1. The predicted molar refractivity (Wildman–Crippen MR) is 65.4 cm³/mol. The highest BCUT2D eigenvalue weighted by molar-refractivity contribution is 6.06. The first-order valence-corrected chi connectivity index (χ1v) is 5.47. The lowest BCUT2D eigenvalue weighted by Gasteiger charge is -2.06. The molecule has 0 aliphatic carbocycles. The highest BCUT2D eigenvalue weighted by Gasteiger charge is 2.38. The van der Waals surface area contributed by atoms with Gasteiger partial charge < -0.3 is 5.73 Å². The number of aryl methyl sites for hydroxylation is 1. The van der Waals surface area contributed by atoms with E-state index >= 15 is 0 Å². The van der Waals surface area contributed by atoms with Gasteiger partial charge in [0.15, 0.2) is 11.3 Å². The molecule has 4 nitrogen and oxygen atoms in total. The molecule has 0 saturated heterocycles. The van der Waals surface area contributed by atoms with Gasteiger partial charge in [0.25, 0.3) is 0 Å². The second-order valence-electron chi connectivity index (χ2n) is 4.21. The molecule has 7 heteroatoms. The second kappa shape index (κ2) is 3.59. The average Bonchev–Trinajstić information content (AvgIpc) is 2.68. The van der Waals surface area contributed by atoms with Gasteiger partial charge in [0, 0.05) is 12.4 Å².